The molecule has 2 aromatic rings. The van der Waals surface area contributed by atoms with Gasteiger partial charge in [-0.3, -0.25) is 24.6 Å². The van der Waals surface area contributed by atoms with Crippen molar-refractivity contribution in [2.45, 2.75) is 38.0 Å². The smallest absolute Gasteiger partial charge is 0.271 e. The van der Waals surface area contributed by atoms with Crippen molar-refractivity contribution in [1.82, 2.24) is 10.2 Å². The number of fused-ring (bicyclic) bond motifs is 3. The molecule has 2 aromatic carbocycles. The second-order valence-electron chi connectivity index (χ2n) is 7.69. The fourth-order valence-electron chi connectivity index (χ4n) is 3.62. The monoisotopic (exact) mass is 465 g/mol. The number of unbranched alkanes of at least 4 members (excludes halogenated alkanes) is 1. The number of para-hydroxylation sites is 1. The van der Waals surface area contributed by atoms with E-state index in [0.717, 1.165) is 24.0 Å². The molecule has 2 amide bonds. The van der Waals surface area contributed by atoms with Gasteiger partial charge in [0.1, 0.15) is 11.9 Å². The molecule has 4 rings (SSSR count). The number of benzene rings is 2. The third-order valence-electron chi connectivity index (χ3n) is 5.35. The Morgan fingerprint density at radius 2 is 1.94 bits per heavy atom. The molecule has 2 heterocycles. The lowest BCUT2D eigenvalue weighted by Crippen LogP contribution is -2.46. The quantitative estimate of drug-likeness (QED) is 0.360. The number of non-ortho nitro benzene ring substituents is 1. The van der Waals surface area contributed by atoms with Crippen molar-refractivity contribution in [1.29, 1.82) is 0 Å². The molecule has 2 aliphatic rings. The molecule has 1 unspecified atom stereocenters. The lowest BCUT2D eigenvalue weighted by molar-refractivity contribution is -0.384. The van der Waals surface area contributed by atoms with Crippen LogP contribution in [0, 0.1) is 10.1 Å². The molecule has 170 valence electrons. The summed E-state index contributed by atoms with van der Waals surface area (Å²) in [6.07, 6.45) is 1.84. The highest BCUT2D eigenvalue weighted by Crippen LogP contribution is 2.35. The van der Waals surface area contributed by atoms with Gasteiger partial charge in [-0.2, -0.15) is 4.99 Å². The minimum atomic E-state index is -0.752. The number of carbonyl (C=O) groups is 2. The summed E-state index contributed by atoms with van der Waals surface area (Å²) < 4.78 is 0. The van der Waals surface area contributed by atoms with Crippen LogP contribution >= 0.6 is 11.8 Å². The number of aliphatic imine (C=N–C) groups is 2. The van der Waals surface area contributed by atoms with Gasteiger partial charge < -0.3 is 5.32 Å². The Kier molecular flexibility index (Phi) is 6.83. The molecule has 0 aromatic heterocycles. The van der Waals surface area contributed by atoms with Crippen molar-refractivity contribution in [2.75, 3.05) is 6.54 Å². The van der Waals surface area contributed by atoms with Crippen LogP contribution in [0.3, 0.4) is 0 Å². The predicted molar refractivity (Wildman–Crippen MR) is 128 cm³/mol. The maximum Gasteiger partial charge on any atom is 0.271 e. The number of hydrogen-bond donors (Lipinski definition) is 1. The second kappa shape index (κ2) is 9.95. The maximum absolute atomic E-state index is 12.8. The molecule has 9 nitrogen and oxygen atoms in total. The molecule has 0 saturated carbocycles. The molecule has 0 fully saturated rings. The zero-order valence-corrected chi connectivity index (χ0v) is 18.9. The summed E-state index contributed by atoms with van der Waals surface area (Å²) in [5.74, 6) is 0.433. The molecule has 10 heteroatoms. The first-order valence-electron chi connectivity index (χ1n) is 10.7. The number of amides is 2. The first-order chi connectivity index (χ1) is 16.0. The number of nitro benzene ring substituents is 1. The fraction of sp³-hybridized carbons (Fsp3) is 0.304. The van der Waals surface area contributed by atoms with Crippen molar-refractivity contribution in [3.63, 3.8) is 0 Å². The van der Waals surface area contributed by atoms with Crippen molar-refractivity contribution >= 4 is 46.0 Å². The third kappa shape index (κ3) is 4.95. The highest BCUT2D eigenvalue weighted by Gasteiger charge is 2.42. The van der Waals surface area contributed by atoms with Crippen molar-refractivity contribution in [3.05, 3.63) is 69.8 Å². The normalized spacial score (nSPS) is 16.6. The molecule has 33 heavy (non-hydrogen) atoms. The van der Waals surface area contributed by atoms with Crippen LogP contribution in [0.25, 0.3) is 0 Å². The van der Waals surface area contributed by atoms with Gasteiger partial charge in [0, 0.05) is 30.0 Å². The largest absolute Gasteiger partial charge is 0.356 e. The molecule has 2 aliphatic heterocycles. The standard InChI is InChI=1S/C23H23N5O4S/c1-2-3-12-24-20(29)13-19-22(30)26-21-17-6-4-5-7-18(17)25-23(27(19)21)33-14-15-8-10-16(11-9-15)28(31)32/h4-11,19H,2-3,12-14H2,1H3,(H,24,29). The summed E-state index contributed by atoms with van der Waals surface area (Å²) >= 11 is 1.40. The van der Waals surface area contributed by atoms with Crippen molar-refractivity contribution in [2.24, 2.45) is 9.98 Å². The summed E-state index contributed by atoms with van der Waals surface area (Å²) in [4.78, 5) is 46.5. The summed E-state index contributed by atoms with van der Waals surface area (Å²) in [7, 11) is 0. The molecular weight excluding hydrogens is 442 g/mol. The lowest BCUT2D eigenvalue weighted by atomic mass is 10.1. The van der Waals surface area contributed by atoms with Crippen LogP contribution in [0.1, 0.15) is 37.3 Å². The van der Waals surface area contributed by atoms with Gasteiger partial charge in [0.05, 0.1) is 17.0 Å². The Balaban J connectivity index is 1.56. The van der Waals surface area contributed by atoms with E-state index in [2.05, 4.69) is 10.3 Å². The lowest BCUT2D eigenvalue weighted by Gasteiger charge is -2.30. The van der Waals surface area contributed by atoms with E-state index >= 15 is 0 Å². The van der Waals surface area contributed by atoms with E-state index in [1.165, 1.54) is 23.9 Å². The molecule has 0 radical (unpaired) electrons. The Hall–Kier alpha value is -3.53. The molecule has 1 atom stereocenters. The molecular formula is C23H23N5O4S. The summed E-state index contributed by atoms with van der Waals surface area (Å²) in [6.45, 7) is 2.62. The van der Waals surface area contributed by atoms with Crippen LogP contribution in [-0.2, 0) is 15.3 Å². The average Bonchev–Trinajstić information content (AvgIpc) is 3.14. The van der Waals surface area contributed by atoms with E-state index in [0.29, 0.717) is 29.0 Å². The van der Waals surface area contributed by atoms with Crippen molar-refractivity contribution in [3.8, 4) is 0 Å². The van der Waals surface area contributed by atoms with Gasteiger partial charge in [-0.05, 0) is 24.1 Å². The number of thioether (sulfide) groups is 1. The highest BCUT2D eigenvalue weighted by atomic mass is 32.2. The number of amidine groups is 2. The summed E-state index contributed by atoms with van der Waals surface area (Å²) in [5, 5.41) is 14.3. The van der Waals surface area contributed by atoms with E-state index < -0.39 is 11.0 Å². The zero-order valence-electron chi connectivity index (χ0n) is 18.1. The fourth-order valence-corrected chi connectivity index (χ4v) is 4.62. The molecule has 0 aliphatic carbocycles. The maximum atomic E-state index is 12.8. The minimum Gasteiger partial charge on any atom is -0.356 e. The average molecular weight is 466 g/mol. The number of nitrogens with zero attached hydrogens (tertiary/aromatic N) is 4. The van der Waals surface area contributed by atoms with Gasteiger partial charge in [-0.1, -0.05) is 49.4 Å². The molecule has 0 bridgehead atoms. The van der Waals surface area contributed by atoms with E-state index in [-0.39, 0.29) is 23.9 Å². The van der Waals surface area contributed by atoms with Gasteiger partial charge in [0.15, 0.2) is 5.17 Å². The SMILES string of the molecule is CCCCNC(=O)CC1C(=O)N=C2c3ccccc3N=C(SCc3ccc([N+](=O)[O-])cc3)N21. The zero-order chi connectivity index (χ0) is 23.4. The number of nitro groups is 1. The Bertz CT molecular complexity index is 1150. The van der Waals surface area contributed by atoms with E-state index in [4.69, 9.17) is 4.99 Å². The van der Waals surface area contributed by atoms with Gasteiger partial charge in [-0.25, -0.2) is 4.99 Å². The van der Waals surface area contributed by atoms with Gasteiger partial charge in [0.25, 0.3) is 11.6 Å². The van der Waals surface area contributed by atoms with Crippen LogP contribution in [-0.4, -0.2) is 45.2 Å². The van der Waals surface area contributed by atoms with E-state index in [9.17, 15) is 19.7 Å². The summed E-state index contributed by atoms with van der Waals surface area (Å²) in [6, 6.07) is 13.0. The first-order valence-corrected chi connectivity index (χ1v) is 11.7. The van der Waals surface area contributed by atoms with Gasteiger partial charge in [0.2, 0.25) is 5.91 Å². The first kappa shape index (κ1) is 22.7. The van der Waals surface area contributed by atoms with Gasteiger partial charge in [-0.15, -0.1) is 0 Å². The number of hydrogen-bond acceptors (Lipinski definition) is 7. The van der Waals surface area contributed by atoms with Crippen LogP contribution < -0.4 is 5.32 Å². The van der Waals surface area contributed by atoms with Crippen LogP contribution in [0.4, 0.5) is 11.4 Å². The Morgan fingerprint density at radius 1 is 1.18 bits per heavy atom. The Morgan fingerprint density at radius 3 is 2.67 bits per heavy atom. The molecule has 1 N–H and O–H groups in total. The van der Waals surface area contributed by atoms with E-state index in [1.807, 2.05) is 31.2 Å². The third-order valence-corrected chi connectivity index (χ3v) is 6.38. The number of carbonyl (C=O) groups excluding carboxylic acids is 2. The van der Waals surface area contributed by atoms with E-state index in [1.54, 1.807) is 17.0 Å². The second-order valence-corrected chi connectivity index (χ2v) is 8.63. The molecule has 0 spiro atoms. The topological polar surface area (TPSA) is 117 Å². The van der Waals surface area contributed by atoms with Crippen LogP contribution in [0.5, 0.6) is 0 Å². The van der Waals surface area contributed by atoms with Crippen LogP contribution in [0.15, 0.2) is 58.5 Å². The molecule has 0 saturated heterocycles. The Labute approximate surface area is 195 Å². The van der Waals surface area contributed by atoms with Crippen LogP contribution in [0.2, 0.25) is 0 Å². The van der Waals surface area contributed by atoms with Gasteiger partial charge >= 0.3 is 0 Å². The summed E-state index contributed by atoms with van der Waals surface area (Å²) in [5.41, 5.74) is 2.37. The minimum absolute atomic E-state index is 0.00513. The number of rotatable bonds is 8. The van der Waals surface area contributed by atoms with Crippen molar-refractivity contribution < 1.29 is 14.5 Å². The highest BCUT2D eigenvalue weighted by molar-refractivity contribution is 8.13. The number of nitrogens with one attached hydrogen (secondary N) is 1. The predicted octanol–water partition coefficient (Wildman–Crippen LogP) is 3.79.